The number of hydrogen-bond donors (Lipinski definition) is 3. The maximum atomic E-state index is 12.9. The Bertz CT molecular complexity index is 1410. The fraction of sp³-hybridized carbons (Fsp3) is 0.367. The molecule has 0 saturated carbocycles. The number of phenolic OH excluding ortho intramolecular Hbond substituents is 2. The van der Waals surface area contributed by atoms with E-state index in [2.05, 4.69) is 0 Å². The molecular formula is C30H32O9. The number of aliphatic hydroxyl groups is 1. The second kappa shape index (κ2) is 9.98. The number of methoxy groups -OCH3 is 1. The summed E-state index contributed by atoms with van der Waals surface area (Å²) in [4.78, 5) is 12.9. The molecule has 4 atom stereocenters. The van der Waals surface area contributed by atoms with Crippen LogP contribution in [0, 0.1) is 6.92 Å². The lowest BCUT2D eigenvalue weighted by Gasteiger charge is -2.36. The molecule has 3 aromatic rings. The predicted octanol–water partition coefficient (Wildman–Crippen LogP) is 4.79. The molecule has 0 fully saturated rings. The van der Waals surface area contributed by atoms with Gasteiger partial charge in [-0.15, -0.1) is 0 Å². The van der Waals surface area contributed by atoms with Crippen LogP contribution in [0.3, 0.4) is 0 Å². The van der Waals surface area contributed by atoms with Gasteiger partial charge in [0.25, 0.3) is 0 Å². The van der Waals surface area contributed by atoms with Gasteiger partial charge in [-0.3, -0.25) is 4.79 Å². The molecule has 3 N–H and O–H groups in total. The number of aryl methyl sites for hydroxylation is 1. The number of carbonyl (C=O) groups is 1. The topological polar surface area (TPSA) is 124 Å². The van der Waals surface area contributed by atoms with Crippen LogP contribution in [0.2, 0.25) is 0 Å². The Labute approximate surface area is 226 Å². The summed E-state index contributed by atoms with van der Waals surface area (Å²) in [7, 11) is 1.47. The van der Waals surface area contributed by atoms with E-state index in [1.165, 1.54) is 19.2 Å². The predicted molar refractivity (Wildman–Crippen MR) is 141 cm³/mol. The minimum Gasteiger partial charge on any atom is -0.507 e. The van der Waals surface area contributed by atoms with Crippen LogP contribution in [0.1, 0.15) is 60.0 Å². The Morgan fingerprint density at radius 3 is 2.26 bits per heavy atom. The minimum atomic E-state index is -1.53. The Hall–Kier alpha value is -3.95. The summed E-state index contributed by atoms with van der Waals surface area (Å²) < 4.78 is 30.1. The number of Topliss-reactive ketones (excluding diaryl/α,β-unsaturated/α-hetero) is 1. The molecule has 0 amide bonds. The molecule has 39 heavy (non-hydrogen) atoms. The molecule has 9 nitrogen and oxygen atoms in total. The summed E-state index contributed by atoms with van der Waals surface area (Å²) >= 11 is 0. The molecule has 9 heteroatoms. The molecule has 0 spiro atoms. The van der Waals surface area contributed by atoms with Crippen LogP contribution in [0.4, 0.5) is 0 Å². The van der Waals surface area contributed by atoms with Crippen molar-refractivity contribution in [2.75, 3.05) is 13.7 Å². The lowest BCUT2D eigenvalue weighted by atomic mass is 9.92. The molecule has 0 bridgehead atoms. The maximum Gasteiger partial charge on any atom is 0.202 e. The van der Waals surface area contributed by atoms with Crippen LogP contribution >= 0.6 is 0 Å². The van der Waals surface area contributed by atoms with Crippen molar-refractivity contribution < 1.29 is 43.8 Å². The van der Waals surface area contributed by atoms with Gasteiger partial charge in [-0.25, -0.2) is 0 Å². The molecule has 206 valence electrons. The number of aliphatic hydroxyl groups excluding tert-OH is 1. The van der Waals surface area contributed by atoms with Crippen LogP contribution in [0.5, 0.6) is 34.5 Å². The van der Waals surface area contributed by atoms with Gasteiger partial charge in [0.2, 0.25) is 5.78 Å². The Morgan fingerprint density at radius 1 is 0.846 bits per heavy atom. The molecule has 2 heterocycles. The number of fused-ring (bicyclic) bond motifs is 2. The van der Waals surface area contributed by atoms with E-state index in [-0.39, 0.29) is 29.4 Å². The molecule has 0 aliphatic carbocycles. The summed E-state index contributed by atoms with van der Waals surface area (Å²) in [6.07, 6.45) is -3.69. The van der Waals surface area contributed by atoms with Crippen molar-refractivity contribution >= 4 is 5.78 Å². The largest absolute Gasteiger partial charge is 0.507 e. The van der Waals surface area contributed by atoms with E-state index >= 15 is 0 Å². The minimum absolute atomic E-state index is 0.00203. The molecule has 0 radical (unpaired) electrons. The van der Waals surface area contributed by atoms with Crippen LogP contribution in [0.25, 0.3) is 0 Å². The number of rotatable bonds is 5. The Morgan fingerprint density at radius 2 is 1.54 bits per heavy atom. The van der Waals surface area contributed by atoms with Gasteiger partial charge in [0.1, 0.15) is 17.1 Å². The van der Waals surface area contributed by atoms with Crippen molar-refractivity contribution in [3.8, 4) is 34.5 Å². The van der Waals surface area contributed by atoms with Crippen LogP contribution in [-0.4, -0.2) is 52.6 Å². The third-order valence-corrected chi connectivity index (χ3v) is 6.66. The number of ketones is 1. The van der Waals surface area contributed by atoms with E-state index in [9.17, 15) is 20.1 Å². The normalized spacial score (nSPS) is 22.2. The highest BCUT2D eigenvalue weighted by atomic mass is 16.6. The van der Waals surface area contributed by atoms with Crippen molar-refractivity contribution in [2.24, 2.45) is 0 Å². The van der Waals surface area contributed by atoms with Crippen molar-refractivity contribution in [2.45, 2.75) is 57.7 Å². The summed E-state index contributed by atoms with van der Waals surface area (Å²) in [5.74, 6) is 0.494. The van der Waals surface area contributed by atoms with E-state index in [1.807, 2.05) is 20.8 Å². The van der Waals surface area contributed by atoms with Gasteiger partial charge in [-0.05, 0) is 75.2 Å². The SMILES string of the molecule is COc1cc(C2Oc3cc([C@@H]4Oc5cc(C)cc(O)c5C(=O)[C@@H]4O)ccc3O[C@H]2COC(C)(C)C)ccc1O. The fourth-order valence-electron chi connectivity index (χ4n) is 4.75. The molecule has 0 saturated heterocycles. The van der Waals surface area contributed by atoms with E-state index in [4.69, 9.17) is 23.7 Å². The number of carbonyl (C=O) groups excluding carboxylic acids is 1. The first kappa shape index (κ1) is 26.6. The number of ether oxygens (including phenoxy) is 5. The first-order chi connectivity index (χ1) is 18.4. The monoisotopic (exact) mass is 536 g/mol. The standard InChI is InChI=1S/C30H32O9/c1-15-10-19(32)25-23(11-15)39-29(27(34)26(25)33)17-7-9-20-22(13-17)38-28(24(37-20)14-36-30(2,3)4)16-6-8-18(31)21(12-16)35-5/h6-13,24,27-29,31-32,34H,14H2,1-5H3/t24-,27-,28?,29-/m0/s1. The lowest BCUT2D eigenvalue weighted by molar-refractivity contribution is -0.0822. The highest BCUT2D eigenvalue weighted by Gasteiger charge is 2.40. The van der Waals surface area contributed by atoms with Crippen LogP contribution in [0.15, 0.2) is 48.5 Å². The van der Waals surface area contributed by atoms with Gasteiger partial charge in [0, 0.05) is 5.56 Å². The average molecular weight is 537 g/mol. The Balaban J connectivity index is 1.49. The molecule has 3 aromatic carbocycles. The van der Waals surface area contributed by atoms with Crippen molar-refractivity contribution in [3.63, 3.8) is 0 Å². The summed E-state index contributed by atoms with van der Waals surface area (Å²) in [5, 5.41) is 31.2. The highest BCUT2D eigenvalue weighted by molar-refractivity contribution is 6.05. The third kappa shape index (κ3) is 5.20. The lowest BCUT2D eigenvalue weighted by Crippen LogP contribution is -2.39. The van der Waals surface area contributed by atoms with Crippen LogP contribution < -0.4 is 18.9 Å². The van der Waals surface area contributed by atoms with Crippen molar-refractivity contribution in [3.05, 3.63) is 70.8 Å². The van der Waals surface area contributed by atoms with Gasteiger partial charge in [-0.1, -0.05) is 12.1 Å². The van der Waals surface area contributed by atoms with Gasteiger partial charge >= 0.3 is 0 Å². The number of hydrogen-bond acceptors (Lipinski definition) is 9. The zero-order valence-corrected chi connectivity index (χ0v) is 22.4. The third-order valence-electron chi connectivity index (χ3n) is 6.66. The maximum absolute atomic E-state index is 12.9. The molecule has 1 unspecified atom stereocenters. The van der Waals surface area contributed by atoms with Crippen molar-refractivity contribution in [1.82, 2.24) is 0 Å². The number of aromatic hydroxyl groups is 2. The van der Waals surface area contributed by atoms with Gasteiger partial charge in [0.05, 0.1) is 19.3 Å². The smallest absolute Gasteiger partial charge is 0.202 e. The van der Waals surface area contributed by atoms with Crippen LogP contribution in [-0.2, 0) is 4.74 Å². The quantitative estimate of drug-likeness (QED) is 0.422. The molecular weight excluding hydrogens is 504 g/mol. The molecule has 2 aliphatic heterocycles. The van der Waals surface area contributed by atoms with E-state index < -0.39 is 35.8 Å². The first-order valence-electron chi connectivity index (χ1n) is 12.7. The van der Waals surface area contributed by atoms with Gasteiger partial charge < -0.3 is 39.0 Å². The Kier molecular flexibility index (Phi) is 6.82. The second-order valence-corrected chi connectivity index (χ2v) is 10.8. The zero-order valence-electron chi connectivity index (χ0n) is 22.4. The van der Waals surface area contributed by atoms with E-state index in [0.29, 0.717) is 33.9 Å². The zero-order chi connectivity index (χ0) is 28.1. The highest BCUT2D eigenvalue weighted by Crippen LogP contribution is 2.45. The summed E-state index contributed by atoms with van der Waals surface area (Å²) in [6.45, 7) is 7.86. The average Bonchev–Trinajstić information content (AvgIpc) is 2.88. The van der Waals surface area contributed by atoms with E-state index in [0.717, 1.165) is 0 Å². The fourth-order valence-corrected chi connectivity index (χ4v) is 4.75. The number of benzene rings is 3. The summed E-state index contributed by atoms with van der Waals surface area (Å²) in [5.41, 5.74) is 1.47. The van der Waals surface area contributed by atoms with Gasteiger partial charge in [0.15, 0.2) is 47.4 Å². The second-order valence-electron chi connectivity index (χ2n) is 10.8. The molecule has 2 aliphatic rings. The summed E-state index contributed by atoms with van der Waals surface area (Å²) in [6, 6.07) is 13.1. The van der Waals surface area contributed by atoms with Gasteiger partial charge in [-0.2, -0.15) is 0 Å². The molecule has 0 aromatic heterocycles. The first-order valence-corrected chi connectivity index (χ1v) is 12.7. The number of phenols is 2. The van der Waals surface area contributed by atoms with Crippen molar-refractivity contribution in [1.29, 1.82) is 0 Å². The van der Waals surface area contributed by atoms with E-state index in [1.54, 1.807) is 43.3 Å². The molecule has 5 rings (SSSR count).